The molecule has 6 heteroatoms. The van der Waals surface area contributed by atoms with Crippen LogP contribution in [0, 0.1) is 6.92 Å². The van der Waals surface area contributed by atoms with Crippen LogP contribution in [0.15, 0.2) is 48.5 Å². The van der Waals surface area contributed by atoms with Gasteiger partial charge in [0.25, 0.3) is 11.8 Å². The van der Waals surface area contributed by atoms with Gasteiger partial charge in [0, 0.05) is 22.9 Å². The maximum atomic E-state index is 12.2. The van der Waals surface area contributed by atoms with E-state index in [-0.39, 0.29) is 23.0 Å². The monoisotopic (exact) mass is 369 g/mol. The third-order valence-electron chi connectivity index (χ3n) is 4.01. The first-order valence-electron chi connectivity index (χ1n) is 8.49. The molecule has 2 rings (SSSR count). The highest BCUT2D eigenvalue weighted by Crippen LogP contribution is 2.11. The highest BCUT2D eigenvalue weighted by molar-refractivity contribution is 7.80. The number of amides is 2. The summed E-state index contributed by atoms with van der Waals surface area (Å²) in [6.07, 6.45) is 0.875. The van der Waals surface area contributed by atoms with Crippen molar-refractivity contribution in [2.45, 2.75) is 33.2 Å². The Kier molecular flexibility index (Phi) is 6.86. The number of carbonyl (C=O) groups excluding carboxylic acids is 2. The summed E-state index contributed by atoms with van der Waals surface area (Å²) in [5.41, 5.74) is 2.73. The largest absolute Gasteiger partial charge is 0.350 e. The summed E-state index contributed by atoms with van der Waals surface area (Å²) >= 11 is 5.19. The van der Waals surface area contributed by atoms with Crippen molar-refractivity contribution in [1.82, 2.24) is 10.6 Å². The molecule has 0 bridgehead atoms. The van der Waals surface area contributed by atoms with E-state index in [9.17, 15) is 9.59 Å². The highest BCUT2D eigenvalue weighted by atomic mass is 32.1. The van der Waals surface area contributed by atoms with Gasteiger partial charge in [-0.1, -0.05) is 25.1 Å². The summed E-state index contributed by atoms with van der Waals surface area (Å²) in [5, 5.41) is 8.72. The molecule has 0 aromatic heterocycles. The van der Waals surface area contributed by atoms with E-state index < -0.39 is 0 Å². The second kappa shape index (κ2) is 9.10. The van der Waals surface area contributed by atoms with Crippen LogP contribution in [0.5, 0.6) is 0 Å². The van der Waals surface area contributed by atoms with Crippen molar-refractivity contribution in [3.63, 3.8) is 0 Å². The smallest absolute Gasteiger partial charge is 0.257 e. The van der Waals surface area contributed by atoms with E-state index in [1.807, 2.05) is 39.0 Å². The molecule has 3 N–H and O–H groups in total. The second-order valence-electron chi connectivity index (χ2n) is 6.08. The summed E-state index contributed by atoms with van der Waals surface area (Å²) in [6.45, 7) is 5.85. The molecule has 2 amide bonds. The zero-order valence-electron chi connectivity index (χ0n) is 15.1. The van der Waals surface area contributed by atoms with Gasteiger partial charge in [0.1, 0.15) is 0 Å². The minimum absolute atomic E-state index is 0.110. The molecule has 0 aliphatic heterocycles. The predicted octanol–water partition coefficient (Wildman–Crippen LogP) is 3.65. The van der Waals surface area contributed by atoms with Crippen molar-refractivity contribution < 1.29 is 9.59 Å². The fourth-order valence-corrected chi connectivity index (χ4v) is 2.49. The van der Waals surface area contributed by atoms with Gasteiger partial charge in [-0.2, -0.15) is 0 Å². The lowest BCUT2D eigenvalue weighted by atomic mass is 10.1. The van der Waals surface area contributed by atoms with Crippen molar-refractivity contribution in [2.75, 3.05) is 5.32 Å². The van der Waals surface area contributed by atoms with Crippen LogP contribution in [0.2, 0.25) is 0 Å². The molecule has 0 spiro atoms. The van der Waals surface area contributed by atoms with Gasteiger partial charge < -0.3 is 10.6 Å². The fraction of sp³-hybridized carbons (Fsp3) is 0.250. The minimum atomic E-state index is -0.259. The molecule has 0 radical (unpaired) electrons. The lowest BCUT2D eigenvalue weighted by Gasteiger charge is -2.13. The minimum Gasteiger partial charge on any atom is -0.350 e. The van der Waals surface area contributed by atoms with Gasteiger partial charge in [-0.05, 0) is 68.4 Å². The van der Waals surface area contributed by atoms with Crippen LogP contribution in [-0.4, -0.2) is 23.0 Å². The fourth-order valence-electron chi connectivity index (χ4n) is 2.27. The Morgan fingerprint density at radius 1 is 1.04 bits per heavy atom. The number of thiocarbonyl (C=S) groups is 1. The molecular formula is C20H23N3O2S. The molecule has 1 unspecified atom stereocenters. The second-order valence-corrected chi connectivity index (χ2v) is 6.49. The summed E-state index contributed by atoms with van der Waals surface area (Å²) in [6, 6.07) is 14.4. The number of rotatable bonds is 5. The number of hydrogen-bond donors (Lipinski definition) is 3. The molecule has 136 valence electrons. The lowest BCUT2D eigenvalue weighted by molar-refractivity contribution is 0.0937. The van der Waals surface area contributed by atoms with E-state index >= 15 is 0 Å². The maximum absolute atomic E-state index is 12.2. The van der Waals surface area contributed by atoms with Gasteiger partial charge in [0.15, 0.2) is 5.11 Å². The Bertz CT molecular complexity index is 803. The van der Waals surface area contributed by atoms with E-state index in [0.29, 0.717) is 16.8 Å². The number of aryl methyl sites for hydroxylation is 1. The number of hydrogen-bond acceptors (Lipinski definition) is 3. The summed E-state index contributed by atoms with van der Waals surface area (Å²) in [7, 11) is 0. The molecule has 0 aliphatic carbocycles. The summed E-state index contributed by atoms with van der Waals surface area (Å²) in [5.74, 6) is -0.369. The predicted molar refractivity (Wildman–Crippen MR) is 109 cm³/mol. The first-order chi connectivity index (χ1) is 12.4. The van der Waals surface area contributed by atoms with Crippen LogP contribution in [-0.2, 0) is 0 Å². The van der Waals surface area contributed by atoms with Gasteiger partial charge in [0.2, 0.25) is 0 Å². The van der Waals surface area contributed by atoms with Crippen molar-refractivity contribution >= 4 is 34.8 Å². The normalized spacial score (nSPS) is 11.3. The molecule has 0 fully saturated rings. The van der Waals surface area contributed by atoms with E-state index in [2.05, 4.69) is 16.0 Å². The maximum Gasteiger partial charge on any atom is 0.257 e. The van der Waals surface area contributed by atoms with Gasteiger partial charge >= 0.3 is 0 Å². The SMILES string of the molecule is CCC(C)NC(=O)c1ccc(NC(=S)NC(=O)c2ccccc2C)cc1. The third kappa shape index (κ3) is 5.39. The Hall–Kier alpha value is -2.73. The van der Waals surface area contributed by atoms with Crippen LogP contribution in [0.3, 0.4) is 0 Å². The standard InChI is InChI=1S/C20H23N3O2S/c1-4-14(3)21-18(24)15-9-11-16(12-10-15)22-20(26)23-19(25)17-8-6-5-7-13(17)2/h5-12,14H,4H2,1-3H3,(H,21,24)(H2,22,23,25,26). The Morgan fingerprint density at radius 3 is 2.31 bits per heavy atom. The first-order valence-corrected chi connectivity index (χ1v) is 8.90. The zero-order chi connectivity index (χ0) is 19.1. The molecule has 0 saturated carbocycles. The molecule has 1 atom stereocenters. The molecular weight excluding hydrogens is 346 g/mol. The lowest BCUT2D eigenvalue weighted by Crippen LogP contribution is -2.34. The number of nitrogens with one attached hydrogen (secondary N) is 3. The van der Waals surface area contributed by atoms with Crippen molar-refractivity contribution in [1.29, 1.82) is 0 Å². The van der Waals surface area contributed by atoms with Gasteiger partial charge in [0.05, 0.1) is 0 Å². The van der Waals surface area contributed by atoms with Crippen LogP contribution in [0.4, 0.5) is 5.69 Å². The van der Waals surface area contributed by atoms with E-state index in [4.69, 9.17) is 12.2 Å². The van der Waals surface area contributed by atoms with Crippen molar-refractivity contribution in [3.05, 3.63) is 65.2 Å². The van der Waals surface area contributed by atoms with E-state index in [0.717, 1.165) is 12.0 Å². The molecule has 0 aliphatic rings. The molecule has 2 aromatic carbocycles. The van der Waals surface area contributed by atoms with Crippen LogP contribution >= 0.6 is 12.2 Å². The number of carbonyl (C=O) groups is 2. The molecule has 26 heavy (non-hydrogen) atoms. The molecule has 0 heterocycles. The zero-order valence-corrected chi connectivity index (χ0v) is 15.9. The van der Waals surface area contributed by atoms with E-state index in [1.54, 1.807) is 30.3 Å². The molecule has 5 nitrogen and oxygen atoms in total. The van der Waals surface area contributed by atoms with Gasteiger partial charge in [-0.25, -0.2) is 0 Å². The molecule has 0 saturated heterocycles. The van der Waals surface area contributed by atoms with Crippen LogP contribution < -0.4 is 16.0 Å². The topological polar surface area (TPSA) is 70.2 Å². The average Bonchev–Trinajstić information content (AvgIpc) is 2.62. The van der Waals surface area contributed by atoms with Gasteiger partial charge in [-0.3, -0.25) is 14.9 Å². The molecule has 2 aromatic rings. The van der Waals surface area contributed by atoms with Crippen LogP contribution in [0.25, 0.3) is 0 Å². The van der Waals surface area contributed by atoms with Gasteiger partial charge in [-0.15, -0.1) is 0 Å². The number of anilines is 1. The summed E-state index contributed by atoms with van der Waals surface area (Å²) in [4.78, 5) is 24.3. The summed E-state index contributed by atoms with van der Waals surface area (Å²) < 4.78 is 0. The average molecular weight is 369 g/mol. The quantitative estimate of drug-likeness (QED) is 0.704. The van der Waals surface area contributed by atoms with Crippen molar-refractivity contribution in [3.8, 4) is 0 Å². The Balaban J connectivity index is 1.94. The number of benzene rings is 2. The Labute approximate surface area is 159 Å². The highest BCUT2D eigenvalue weighted by Gasteiger charge is 2.11. The third-order valence-corrected chi connectivity index (χ3v) is 4.22. The first kappa shape index (κ1) is 19.6. The van der Waals surface area contributed by atoms with E-state index in [1.165, 1.54) is 0 Å². The van der Waals surface area contributed by atoms with Crippen molar-refractivity contribution in [2.24, 2.45) is 0 Å². The van der Waals surface area contributed by atoms with Crippen LogP contribution in [0.1, 0.15) is 46.5 Å². The Morgan fingerprint density at radius 2 is 1.69 bits per heavy atom.